The van der Waals surface area contributed by atoms with Crippen LogP contribution in [0.5, 0.6) is 5.75 Å². The van der Waals surface area contributed by atoms with Crippen LogP contribution in [-0.2, 0) is 11.4 Å². The molecule has 0 saturated carbocycles. The Morgan fingerprint density at radius 3 is 2.45 bits per heavy atom. The standard InChI is InChI=1S/C24H24BrN3O3/c1-16-11-19(12-17(2)23(16)31-15-18-7-6-10-26-13-18)24(30)28(3)14-22(29)27-21-9-5-4-8-20(21)25/h4-13H,14-15H2,1-3H3,(H,27,29). The van der Waals surface area contributed by atoms with Gasteiger partial charge in [-0.3, -0.25) is 14.6 Å². The first kappa shape index (κ1) is 22.5. The number of anilines is 1. The van der Waals surface area contributed by atoms with Crippen molar-refractivity contribution in [1.29, 1.82) is 0 Å². The molecule has 0 aliphatic carbocycles. The van der Waals surface area contributed by atoms with Gasteiger partial charge in [0.2, 0.25) is 5.91 Å². The smallest absolute Gasteiger partial charge is 0.254 e. The van der Waals surface area contributed by atoms with Crippen LogP contribution in [0.15, 0.2) is 65.4 Å². The number of likely N-dealkylation sites (N-methyl/N-ethyl adjacent to an activating group) is 1. The number of amides is 2. The molecule has 7 heteroatoms. The fraction of sp³-hybridized carbons (Fsp3) is 0.208. The fourth-order valence-corrected chi connectivity index (χ4v) is 3.58. The van der Waals surface area contributed by atoms with Crippen LogP contribution in [0.2, 0.25) is 0 Å². The summed E-state index contributed by atoms with van der Waals surface area (Å²) in [6.07, 6.45) is 3.48. The van der Waals surface area contributed by atoms with Crippen molar-refractivity contribution >= 4 is 33.4 Å². The van der Waals surface area contributed by atoms with Crippen molar-refractivity contribution in [3.63, 3.8) is 0 Å². The first-order valence-corrected chi connectivity index (χ1v) is 10.6. The van der Waals surface area contributed by atoms with Crippen molar-refractivity contribution in [2.45, 2.75) is 20.5 Å². The number of pyridine rings is 1. The number of hydrogen-bond donors (Lipinski definition) is 1. The minimum Gasteiger partial charge on any atom is -0.488 e. The van der Waals surface area contributed by atoms with Gasteiger partial charge in [0.15, 0.2) is 0 Å². The molecule has 0 bridgehead atoms. The zero-order valence-electron chi connectivity index (χ0n) is 17.7. The van der Waals surface area contributed by atoms with Crippen molar-refractivity contribution in [3.8, 4) is 5.75 Å². The summed E-state index contributed by atoms with van der Waals surface area (Å²) in [6.45, 7) is 4.15. The van der Waals surface area contributed by atoms with Gasteiger partial charge in [0.1, 0.15) is 12.4 Å². The van der Waals surface area contributed by atoms with Gasteiger partial charge in [-0.25, -0.2) is 0 Å². The molecule has 0 fully saturated rings. The molecule has 160 valence electrons. The largest absolute Gasteiger partial charge is 0.488 e. The predicted molar refractivity (Wildman–Crippen MR) is 124 cm³/mol. The minimum absolute atomic E-state index is 0.0580. The van der Waals surface area contributed by atoms with Gasteiger partial charge < -0.3 is 15.0 Å². The summed E-state index contributed by atoms with van der Waals surface area (Å²) in [5.74, 6) is 0.245. The Hall–Kier alpha value is -3.19. The van der Waals surface area contributed by atoms with E-state index < -0.39 is 0 Å². The third-order valence-electron chi connectivity index (χ3n) is 4.69. The quantitative estimate of drug-likeness (QED) is 0.528. The number of halogens is 1. The predicted octanol–water partition coefficient (Wildman–Crippen LogP) is 4.75. The van der Waals surface area contributed by atoms with Crippen molar-refractivity contribution in [1.82, 2.24) is 9.88 Å². The third-order valence-corrected chi connectivity index (χ3v) is 5.38. The second-order valence-corrected chi connectivity index (χ2v) is 8.13. The number of ether oxygens (including phenoxy) is 1. The van der Waals surface area contributed by atoms with Crippen LogP contribution in [0.3, 0.4) is 0 Å². The first-order chi connectivity index (χ1) is 14.8. The number of para-hydroxylation sites is 1. The van der Waals surface area contributed by atoms with Gasteiger partial charge in [-0.15, -0.1) is 0 Å². The van der Waals surface area contributed by atoms with Gasteiger partial charge in [-0.1, -0.05) is 18.2 Å². The molecule has 3 rings (SSSR count). The molecule has 0 spiro atoms. The third kappa shape index (κ3) is 5.92. The Balaban J connectivity index is 1.65. The van der Waals surface area contributed by atoms with Crippen LogP contribution < -0.4 is 10.1 Å². The molecule has 3 aromatic rings. The molecule has 0 unspecified atom stereocenters. The van der Waals surface area contributed by atoms with Crippen molar-refractivity contribution in [3.05, 3.63) is 87.7 Å². The van der Waals surface area contributed by atoms with Crippen LogP contribution in [0.4, 0.5) is 5.69 Å². The number of carbonyl (C=O) groups is 2. The maximum atomic E-state index is 12.9. The SMILES string of the molecule is Cc1cc(C(=O)N(C)CC(=O)Nc2ccccc2Br)cc(C)c1OCc1cccnc1. The highest BCUT2D eigenvalue weighted by Crippen LogP contribution is 2.26. The average Bonchev–Trinajstić information content (AvgIpc) is 2.74. The fourth-order valence-electron chi connectivity index (χ4n) is 3.20. The second-order valence-electron chi connectivity index (χ2n) is 7.28. The molecule has 6 nitrogen and oxygen atoms in total. The second kappa shape index (κ2) is 10.2. The Morgan fingerprint density at radius 2 is 1.81 bits per heavy atom. The molecule has 2 amide bonds. The molecule has 0 radical (unpaired) electrons. The van der Waals surface area contributed by atoms with Crippen LogP contribution in [-0.4, -0.2) is 35.3 Å². The number of carbonyl (C=O) groups excluding carboxylic acids is 2. The molecular formula is C24H24BrN3O3. The Morgan fingerprint density at radius 1 is 1.10 bits per heavy atom. The number of benzene rings is 2. The Labute approximate surface area is 190 Å². The summed E-state index contributed by atoms with van der Waals surface area (Å²) in [5.41, 5.74) is 3.86. The van der Waals surface area contributed by atoms with E-state index >= 15 is 0 Å². The normalized spacial score (nSPS) is 10.5. The zero-order valence-corrected chi connectivity index (χ0v) is 19.3. The highest BCUT2D eigenvalue weighted by molar-refractivity contribution is 9.10. The number of rotatable bonds is 7. The van der Waals surface area contributed by atoms with Crippen molar-refractivity contribution in [2.75, 3.05) is 18.9 Å². The summed E-state index contributed by atoms with van der Waals surface area (Å²) < 4.78 is 6.74. The summed E-state index contributed by atoms with van der Waals surface area (Å²) in [6, 6.07) is 14.7. The van der Waals surface area contributed by atoms with Crippen LogP contribution >= 0.6 is 15.9 Å². The summed E-state index contributed by atoms with van der Waals surface area (Å²) in [5, 5.41) is 2.81. The molecule has 0 saturated heterocycles. The molecular weight excluding hydrogens is 458 g/mol. The number of nitrogens with zero attached hydrogens (tertiary/aromatic N) is 2. The number of nitrogens with one attached hydrogen (secondary N) is 1. The lowest BCUT2D eigenvalue weighted by molar-refractivity contribution is -0.116. The molecule has 1 aromatic heterocycles. The number of hydrogen-bond acceptors (Lipinski definition) is 4. The molecule has 0 aliphatic heterocycles. The van der Waals surface area contributed by atoms with Gasteiger partial charge in [0.05, 0.1) is 12.2 Å². The van der Waals surface area contributed by atoms with Crippen molar-refractivity contribution < 1.29 is 14.3 Å². The van der Waals surface area contributed by atoms with Gasteiger partial charge in [0, 0.05) is 35.0 Å². The summed E-state index contributed by atoms with van der Waals surface area (Å²) >= 11 is 3.40. The van der Waals surface area contributed by atoms with Crippen molar-refractivity contribution in [2.24, 2.45) is 0 Å². The molecule has 2 aromatic carbocycles. The van der Waals surface area contributed by atoms with Gasteiger partial charge in [-0.05, 0) is 71.2 Å². The highest BCUT2D eigenvalue weighted by Gasteiger charge is 2.18. The average molecular weight is 482 g/mol. The van der Waals surface area contributed by atoms with E-state index in [1.54, 1.807) is 37.6 Å². The van der Waals surface area contributed by atoms with E-state index in [4.69, 9.17) is 4.74 Å². The maximum absolute atomic E-state index is 12.9. The lowest BCUT2D eigenvalue weighted by atomic mass is 10.0. The van der Waals surface area contributed by atoms with E-state index in [0.29, 0.717) is 17.9 Å². The molecule has 0 atom stereocenters. The lowest BCUT2D eigenvalue weighted by Crippen LogP contribution is -2.35. The van der Waals surface area contributed by atoms with Crippen LogP contribution in [0.1, 0.15) is 27.0 Å². The first-order valence-electron chi connectivity index (χ1n) is 9.78. The number of aromatic nitrogens is 1. The van der Waals surface area contributed by atoms with Crippen LogP contribution in [0.25, 0.3) is 0 Å². The topological polar surface area (TPSA) is 71.5 Å². The minimum atomic E-state index is -0.271. The Bertz CT molecular complexity index is 1060. The van der Waals surface area contributed by atoms with E-state index in [0.717, 1.165) is 26.9 Å². The van der Waals surface area contributed by atoms with Gasteiger partial charge in [-0.2, -0.15) is 0 Å². The highest BCUT2D eigenvalue weighted by atomic mass is 79.9. The van der Waals surface area contributed by atoms with E-state index in [1.807, 2.05) is 44.2 Å². The van der Waals surface area contributed by atoms with Crippen LogP contribution in [0, 0.1) is 13.8 Å². The van der Waals surface area contributed by atoms with E-state index in [1.165, 1.54) is 4.90 Å². The monoisotopic (exact) mass is 481 g/mol. The molecule has 1 N–H and O–H groups in total. The molecule has 31 heavy (non-hydrogen) atoms. The van der Waals surface area contributed by atoms with E-state index in [2.05, 4.69) is 26.2 Å². The summed E-state index contributed by atoms with van der Waals surface area (Å²) in [4.78, 5) is 30.7. The van der Waals surface area contributed by atoms with E-state index in [-0.39, 0.29) is 18.4 Å². The number of aryl methyl sites for hydroxylation is 2. The summed E-state index contributed by atoms with van der Waals surface area (Å²) in [7, 11) is 1.61. The Kier molecular flexibility index (Phi) is 7.41. The van der Waals surface area contributed by atoms with Gasteiger partial charge in [0.25, 0.3) is 5.91 Å². The molecule has 0 aliphatic rings. The molecule has 1 heterocycles. The van der Waals surface area contributed by atoms with E-state index in [9.17, 15) is 9.59 Å². The van der Waals surface area contributed by atoms with Gasteiger partial charge >= 0.3 is 0 Å². The lowest BCUT2D eigenvalue weighted by Gasteiger charge is -2.19. The zero-order chi connectivity index (χ0) is 22.4. The maximum Gasteiger partial charge on any atom is 0.254 e.